The van der Waals surface area contributed by atoms with Crippen LogP contribution in [-0.2, 0) is 4.79 Å². The lowest BCUT2D eigenvalue weighted by Crippen LogP contribution is -2.40. The van der Waals surface area contributed by atoms with Crippen molar-refractivity contribution in [3.05, 3.63) is 0 Å². The highest BCUT2D eigenvalue weighted by Gasteiger charge is 2.28. The molecule has 13 heavy (non-hydrogen) atoms. The smallest absolute Gasteiger partial charge is 0.138 e. The van der Waals surface area contributed by atoms with Crippen LogP contribution in [0.1, 0.15) is 33.6 Å². The second-order valence-electron chi connectivity index (χ2n) is 4.61. The molecule has 1 aliphatic rings. The van der Waals surface area contributed by atoms with E-state index in [1.165, 1.54) is 0 Å². The molecule has 2 nitrogen and oxygen atoms in total. The maximum Gasteiger partial charge on any atom is 0.138 e. The average Bonchev–Trinajstić information content (AvgIpc) is 2.08. The molecule has 0 radical (unpaired) electrons. The standard InChI is InChI=1S/C11H21NO/c1-8(2)11(13)10-5-6-12(4)9(3)7-10/h8-10H,5-7H2,1-4H3. The first-order valence-corrected chi connectivity index (χ1v) is 5.26. The van der Waals surface area contributed by atoms with Gasteiger partial charge in [-0.25, -0.2) is 0 Å². The second-order valence-corrected chi connectivity index (χ2v) is 4.61. The zero-order chi connectivity index (χ0) is 10.0. The van der Waals surface area contributed by atoms with Crippen LogP contribution in [0.2, 0.25) is 0 Å². The highest BCUT2D eigenvalue weighted by atomic mass is 16.1. The topological polar surface area (TPSA) is 20.3 Å². The third-order valence-electron chi connectivity index (χ3n) is 3.18. The Hall–Kier alpha value is -0.370. The number of carbonyl (C=O) groups is 1. The van der Waals surface area contributed by atoms with E-state index in [-0.39, 0.29) is 5.92 Å². The molecule has 1 saturated heterocycles. The summed E-state index contributed by atoms with van der Waals surface area (Å²) >= 11 is 0. The van der Waals surface area contributed by atoms with E-state index < -0.39 is 0 Å². The van der Waals surface area contributed by atoms with Crippen LogP contribution in [0.15, 0.2) is 0 Å². The number of carbonyl (C=O) groups excluding carboxylic acids is 1. The zero-order valence-corrected chi connectivity index (χ0v) is 9.21. The van der Waals surface area contributed by atoms with E-state index >= 15 is 0 Å². The first-order chi connectivity index (χ1) is 6.02. The van der Waals surface area contributed by atoms with E-state index in [1.54, 1.807) is 0 Å². The lowest BCUT2D eigenvalue weighted by molar-refractivity contribution is -0.127. The van der Waals surface area contributed by atoms with Gasteiger partial charge < -0.3 is 4.90 Å². The number of nitrogens with zero attached hydrogens (tertiary/aromatic N) is 1. The number of rotatable bonds is 2. The maximum atomic E-state index is 11.7. The number of likely N-dealkylation sites (tertiary alicyclic amines) is 1. The van der Waals surface area contributed by atoms with E-state index in [0.29, 0.717) is 17.7 Å². The fraction of sp³-hybridized carbons (Fsp3) is 0.909. The van der Waals surface area contributed by atoms with E-state index in [0.717, 1.165) is 19.4 Å². The molecule has 2 atom stereocenters. The molecule has 0 aromatic carbocycles. The van der Waals surface area contributed by atoms with Crippen molar-refractivity contribution >= 4 is 5.78 Å². The van der Waals surface area contributed by atoms with Crippen LogP contribution in [0.5, 0.6) is 0 Å². The number of hydrogen-bond acceptors (Lipinski definition) is 2. The van der Waals surface area contributed by atoms with Gasteiger partial charge in [0.2, 0.25) is 0 Å². The molecule has 0 aromatic rings. The lowest BCUT2D eigenvalue weighted by atomic mass is 9.84. The van der Waals surface area contributed by atoms with Crippen molar-refractivity contribution in [1.82, 2.24) is 4.90 Å². The Morgan fingerprint density at radius 1 is 1.46 bits per heavy atom. The molecule has 0 aromatic heterocycles. The van der Waals surface area contributed by atoms with Crippen LogP contribution >= 0.6 is 0 Å². The van der Waals surface area contributed by atoms with E-state index in [9.17, 15) is 4.79 Å². The predicted molar refractivity (Wildman–Crippen MR) is 54.7 cm³/mol. The van der Waals surface area contributed by atoms with Gasteiger partial charge in [0.05, 0.1) is 0 Å². The molecule has 2 unspecified atom stereocenters. The minimum atomic E-state index is 0.209. The average molecular weight is 183 g/mol. The monoisotopic (exact) mass is 183 g/mol. The van der Waals surface area contributed by atoms with Gasteiger partial charge in [0.15, 0.2) is 0 Å². The normalized spacial score (nSPS) is 30.8. The molecule has 76 valence electrons. The quantitative estimate of drug-likeness (QED) is 0.652. The van der Waals surface area contributed by atoms with E-state index in [2.05, 4.69) is 18.9 Å². The van der Waals surface area contributed by atoms with Gasteiger partial charge in [0, 0.05) is 17.9 Å². The van der Waals surface area contributed by atoms with Gasteiger partial charge >= 0.3 is 0 Å². The Bertz CT molecular complexity index is 189. The molecule has 0 saturated carbocycles. The predicted octanol–water partition coefficient (Wildman–Crippen LogP) is 1.94. The first-order valence-electron chi connectivity index (χ1n) is 5.26. The molecule has 1 rings (SSSR count). The van der Waals surface area contributed by atoms with Crippen molar-refractivity contribution in [1.29, 1.82) is 0 Å². The Morgan fingerprint density at radius 3 is 2.54 bits per heavy atom. The van der Waals surface area contributed by atoms with E-state index in [4.69, 9.17) is 0 Å². The van der Waals surface area contributed by atoms with Crippen molar-refractivity contribution < 1.29 is 4.79 Å². The Kier molecular flexibility index (Phi) is 3.48. The maximum absolute atomic E-state index is 11.7. The van der Waals surface area contributed by atoms with Gasteiger partial charge in [-0.15, -0.1) is 0 Å². The van der Waals surface area contributed by atoms with E-state index in [1.807, 2.05) is 13.8 Å². The van der Waals surface area contributed by atoms with Gasteiger partial charge in [-0.05, 0) is 33.4 Å². The molecule has 0 bridgehead atoms. The highest BCUT2D eigenvalue weighted by molar-refractivity contribution is 5.82. The molecule has 1 fully saturated rings. The molecule has 0 N–H and O–H groups in total. The summed E-state index contributed by atoms with van der Waals surface area (Å²) in [5.74, 6) is 0.992. The second kappa shape index (κ2) is 4.23. The number of ketones is 1. The molecular weight excluding hydrogens is 162 g/mol. The van der Waals surface area contributed by atoms with Crippen molar-refractivity contribution in [2.75, 3.05) is 13.6 Å². The Balaban J connectivity index is 2.50. The molecule has 0 aliphatic carbocycles. The molecule has 0 spiro atoms. The summed E-state index contributed by atoms with van der Waals surface area (Å²) < 4.78 is 0. The molecule has 1 aliphatic heterocycles. The van der Waals surface area contributed by atoms with Crippen molar-refractivity contribution in [2.45, 2.75) is 39.7 Å². The van der Waals surface area contributed by atoms with Crippen molar-refractivity contribution in [2.24, 2.45) is 11.8 Å². The molecule has 2 heteroatoms. The van der Waals surface area contributed by atoms with Gasteiger partial charge in [0.1, 0.15) is 5.78 Å². The van der Waals surface area contributed by atoms with Crippen LogP contribution in [-0.4, -0.2) is 30.3 Å². The number of hydrogen-bond donors (Lipinski definition) is 0. The summed E-state index contributed by atoms with van der Waals surface area (Å²) in [7, 11) is 2.14. The highest BCUT2D eigenvalue weighted by Crippen LogP contribution is 2.24. The van der Waals surface area contributed by atoms with Crippen molar-refractivity contribution in [3.63, 3.8) is 0 Å². The fourth-order valence-electron chi connectivity index (χ4n) is 2.02. The minimum Gasteiger partial charge on any atom is -0.304 e. The summed E-state index contributed by atoms with van der Waals surface area (Å²) in [5, 5.41) is 0. The largest absolute Gasteiger partial charge is 0.304 e. The van der Waals surface area contributed by atoms with Gasteiger partial charge in [-0.3, -0.25) is 4.79 Å². The minimum absolute atomic E-state index is 0.209. The molecule has 1 heterocycles. The SMILES string of the molecule is CC(C)C(=O)C1CCN(C)C(C)C1. The summed E-state index contributed by atoms with van der Waals surface area (Å²) in [4.78, 5) is 14.1. The summed E-state index contributed by atoms with van der Waals surface area (Å²) in [6.45, 7) is 7.29. The zero-order valence-electron chi connectivity index (χ0n) is 9.21. The fourth-order valence-corrected chi connectivity index (χ4v) is 2.02. The number of Topliss-reactive ketones (excluding diaryl/α,β-unsaturated/α-hetero) is 1. The van der Waals surface area contributed by atoms with Crippen LogP contribution in [0.25, 0.3) is 0 Å². The van der Waals surface area contributed by atoms with Gasteiger partial charge in [0.25, 0.3) is 0 Å². The van der Waals surface area contributed by atoms with Crippen LogP contribution < -0.4 is 0 Å². The lowest BCUT2D eigenvalue weighted by Gasteiger charge is -2.34. The van der Waals surface area contributed by atoms with Crippen LogP contribution in [0.4, 0.5) is 0 Å². The Morgan fingerprint density at radius 2 is 2.08 bits per heavy atom. The summed E-state index contributed by atoms with van der Waals surface area (Å²) in [5.41, 5.74) is 0. The van der Waals surface area contributed by atoms with Crippen LogP contribution in [0.3, 0.4) is 0 Å². The summed E-state index contributed by atoms with van der Waals surface area (Å²) in [6.07, 6.45) is 2.10. The van der Waals surface area contributed by atoms with Gasteiger partial charge in [-0.1, -0.05) is 13.8 Å². The third-order valence-corrected chi connectivity index (χ3v) is 3.18. The molecular formula is C11H21NO. The number of piperidine rings is 1. The van der Waals surface area contributed by atoms with Crippen LogP contribution in [0, 0.1) is 11.8 Å². The Labute approximate surface area is 81.3 Å². The van der Waals surface area contributed by atoms with Gasteiger partial charge in [-0.2, -0.15) is 0 Å². The first kappa shape index (κ1) is 10.7. The van der Waals surface area contributed by atoms with Crippen molar-refractivity contribution in [3.8, 4) is 0 Å². The summed E-state index contributed by atoms with van der Waals surface area (Å²) in [6, 6.07) is 0.571. The molecule has 0 amide bonds. The third kappa shape index (κ3) is 2.53.